The van der Waals surface area contributed by atoms with Crippen LogP contribution in [0, 0.1) is 5.82 Å². The van der Waals surface area contributed by atoms with Crippen LogP contribution in [0.5, 0.6) is 5.75 Å². The molecule has 1 fully saturated rings. The zero-order valence-corrected chi connectivity index (χ0v) is 21.5. The van der Waals surface area contributed by atoms with Crippen molar-refractivity contribution in [1.82, 2.24) is 9.80 Å². The van der Waals surface area contributed by atoms with Crippen LogP contribution in [0.25, 0.3) is 0 Å². The van der Waals surface area contributed by atoms with E-state index in [9.17, 15) is 14.0 Å². The molecular formula is C29H31FN2O3S. The van der Waals surface area contributed by atoms with Crippen LogP contribution in [0.4, 0.5) is 4.39 Å². The summed E-state index contributed by atoms with van der Waals surface area (Å²) in [6.45, 7) is 5.28. The highest BCUT2D eigenvalue weighted by Gasteiger charge is 2.38. The lowest BCUT2D eigenvalue weighted by molar-refractivity contribution is -0.135. The lowest BCUT2D eigenvalue weighted by Gasteiger charge is -2.37. The second-order valence-electron chi connectivity index (χ2n) is 9.86. The normalized spacial score (nSPS) is 17.1. The van der Waals surface area contributed by atoms with Gasteiger partial charge in [-0.25, -0.2) is 4.39 Å². The summed E-state index contributed by atoms with van der Waals surface area (Å²) in [6.07, 6.45) is 2.56. The molecule has 3 aromatic rings. The molecule has 36 heavy (non-hydrogen) atoms. The van der Waals surface area contributed by atoms with Crippen molar-refractivity contribution < 1.29 is 18.7 Å². The molecule has 0 saturated heterocycles. The number of hydrogen-bond donors (Lipinski definition) is 0. The van der Waals surface area contributed by atoms with E-state index in [1.807, 2.05) is 17.0 Å². The molecule has 7 heteroatoms. The third-order valence-electron chi connectivity index (χ3n) is 7.02. The minimum absolute atomic E-state index is 0.0138. The number of ether oxygens (including phenoxy) is 1. The van der Waals surface area contributed by atoms with Gasteiger partial charge in [0.15, 0.2) is 0 Å². The predicted molar refractivity (Wildman–Crippen MR) is 139 cm³/mol. The van der Waals surface area contributed by atoms with Crippen molar-refractivity contribution >= 4 is 23.2 Å². The van der Waals surface area contributed by atoms with Crippen LogP contribution in [0.3, 0.4) is 0 Å². The zero-order valence-electron chi connectivity index (χ0n) is 20.7. The Labute approximate surface area is 215 Å². The molecule has 1 atom stereocenters. The topological polar surface area (TPSA) is 49.9 Å². The zero-order chi connectivity index (χ0) is 25.2. The Hall–Kier alpha value is -3.19. The average molecular weight is 507 g/mol. The van der Waals surface area contributed by atoms with Crippen LogP contribution < -0.4 is 4.74 Å². The SMILES string of the molecule is CC(C)c1ccc(OC[C@H]2c3ccsc3CCN2C(=O)CN(C(=O)c2ccc(F)cc2)C2CC2)cc1. The quantitative estimate of drug-likeness (QED) is 0.387. The van der Waals surface area contributed by atoms with Crippen LogP contribution in [0.2, 0.25) is 0 Å². The number of nitrogens with zero attached hydrogens (tertiary/aromatic N) is 2. The summed E-state index contributed by atoms with van der Waals surface area (Å²) in [5.41, 5.74) is 2.78. The van der Waals surface area contributed by atoms with Gasteiger partial charge in [-0.3, -0.25) is 9.59 Å². The van der Waals surface area contributed by atoms with Crippen LogP contribution in [-0.2, 0) is 11.2 Å². The molecule has 1 aliphatic heterocycles. The summed E-state index contributed by atoms with van der Waals surface area (Å²) >= 11 is 1.71. The number of benzene rings is 2. The molecule has 188 valence electrons. The molecule has 2 amide bonds. The Morgan fingerprint density at radius 3 is 2.47 bits per heavy atom. The van der Waals surface area contributed by atoms with Crippen molar-refractivity contribution in [2.45, 2.75) is 51.1 Å². The predicted octanol–water partition coefficient (Wildman–Crippen LogP) is 5.82. The fourth-order valence-corrected chi connectivity index (χ4v) is 5.67. The van der Waals surface area contributed by atoms with Crippen LogP contribution in [-0.4, -0.2) is 47.4 Å². The number of carbonyl (C=O) groups is 2. The number of amides is 2. The van der Waals surface area contributed by atoms with E-state index >= 15 is 0 Å². The van der Waals surface area contributed by atoms with Crippen molar-refractivity contribution in [3.63, 3.8) is 0 Å². The molecule has 5 rings (SSSR count). The first-order chi connectivity index (χ1) is 17.4. The minimum Gasteiger partial charge on any atom is -0.491 e. The van der Waals surface area contributed by atoms with Crippen molar-refractivity contribution in [2.24, 2.45) is 0 Å². The lowest BCUT2D eigenvalue weighted by Crippen LogP contribution is -2.48. The Morgan fingerprint density at radius 1 is 1.08 bits per heavy atom. The van der Waals surface area contributed by atoms with Crippen LogP contribution in [0.1, 0.15) is 65.0 Å². The van der Waals surface area contributed by atoms with Crippen LogP contribution >= 0.6 is 11.3 Å². The molecule has 1 aliphatic carbocycles. The number of halogens is 1. The van der Waals surface area contributed by atoms with E-state index < -0.39 is 0 Å². The Bertz CT molecular complexity index is 1220. The molecule has 0 unspecified atom stereocenters. The van der Waals surface area contributed by atoms with Gasteiger partial charge < -0.3 is 14.5 Å². The van der Waals surface area contributed by atoms with E-state index in [1.54, 1.807) is 16.2 Å². The van der Waals surface area contributed by atoms with Gasteiger partial charge in [0.1, 0.15) is 24.7 Å². The average Bonchev–Trinajstić information content (AvgIpc) is 3.61. The van der Waals surface area contributed by atoms with Gasteiger partial charge in [-0.05, 0) is 84.2 Å². The molecule has 0 spiro atoms. The summed E-state index contributed by atoms with van der Waals surface area (Å²) < 4.78 is 19.5. The molecule has 1 saturated carbocycles. The van der Waals surface area contributed by atoms with Crippen molar-refractivity contribution in [2.75, 3.05) is 19.7 Å². The van der Waals surface area contributed by atoms with Crippen molar-refractivity contribution in [3.05, 3.63) is 87.4 Å². The number of hydrogen-bond acceptors (Lipinski definition) is 4. The molecule has 0 radical (unpaired) electrons. The molecule has 1 aromatic heterocycles. The number of rotatable bonds is 8. The lowest BCUT2D eigenvalue weighted by atomic mass is 10.00. The molecule has 0 N–H and O–H groups in total. The fraction of sp³-hybridized carbons (Fsp3) is 0.379. The minimum atomic E-state index is -0.387. The van der Waals surface area contributed by atoms with Crippen LogP contribution in [0.15, 0.2) is 60.0 Å². The first-order valence-electron chi connectivity index (χ1n) is 12.6. The fourth-order valence-electron chi connectivity index (χ4n) is 4.75. The third kappa shape index (κ3) is 5.31. The maximum Gasteiger partial charge on any atom is 0.254 e. The highest BCUT2D eigenvalue weighted by molar-refractivity contribution is 7.10. The Morgan fingerprint density at radius 2 is 1.81 bits per heavy atom. The summed E-state index contributed by atoms with van der Waals surface area (Å²) in [5.74, 6) is 0.531. The van der Waals surface area contributed by atoms with E-state index in [0.29, 0.717) is 24.6 Å². The summed E-state index contributed by atoms with van der Waals surface area (Å²) in [4.78, 5) is 31.6. The van der Waals surface area contributed by atoms with Gasteiger partial charge in [-0.15, -0.1) is 11.3 Å². The van der Waals surface area contributed by atoms with Gasteiger partial charge in [-0.1, -0.05) is 26.0 Å². The van der Waals surface area contributed by atoms with E-state index in [4.69, 9.17) is 4.74 Å². The van der Waals surface area contributed by atoms with E-state index in [1.165, 1.54) is 34.7 Å². The molecule has 2 heterocycles. The second-order valence-corrected chi connectivity index (χ2v) is 10.9. The smallest absolute Gasteiger partial charge is 0.254 e. The van der Waals surface area contributed by atoms with Crippen molar-refractivity contribution in [1.29, 1.82) is 0 Å². The maximum atomic E-state index is 13.6. The highest BCUT2D eigenvalue weighted by atomic mass is 32.1. The first-order valence-corrected chi connectivity index (χ1v) is 13.4. The molecule has 0 bridgehead atoms. The number of thiophene rings is 1. The summed E-state index contributed by atoms with van der Waals surface area (Å²) in [5, 5.41) is 2.07. The van der Waals surface area contributed by atoms with Gasteiger partial charge in [0.2, 0.25) is 5.91 Å². The van der Waals surface area contributed by atoms with Gasteiger partial charge in [0, 0.05) is 23.0 Å². The summed E-state index contributed by atoms with van der Waals surface area (Å²) in [7, 11) is 0. The Balaban J connectivity index is 1.32. The van der Waals surface area contributed by atoms with Crippen molar-refractivity contribution in [3.8, 4) is 5.75 Å². The second kappa shape index (κ2) is 10.4. The maximum absolute atomic E-state index is 13.6. The van der Waals surface area contributed by atoms with Gasteiger partial charge >= 0.3 is 0 Å². The molecular weight excluding hydrogens is 475 g/mol. The van der Waals surface area contributed by atoms with E-state index in [-0.39, 0.29) is 36.3 Å². The van der Waals surface area contributed by atoms with E-state index in [2.05, 4.69) is 37.4 Å². The molecule has 2 aliphatic rings. The monoisotopic (exact) mass is 506 g/mol. The summed E-state index contributed by atoms with van der Waals surface area (Å²) in [6, 6.07) is 15.6. The number of fused-ring (bicyclic) bond motifs is 1. The molecule has 5 nitrogen and oxygen atoms in total. The first kappa shape index (κ1) is 24.5. The standard InChI is InChI=1S/C29H31FN2O3S/c1-19(2)20-5-11-24(12-6-20)35-18-26-25-14-16-36-27(25)13-15-31(26)28(33)17-32(23-9-10-23)29(34)21-3-7-22(30)8-4-21/h3-8,11-12,14,16,19,23,26H,9-10,13,15,17-18H2,1-2H3/t26-/m0/s1. The third-order valence-corrected chi connectivity index (χ3v) is 8.01. The molecule has 2 aromatic carbocycles. The van der Waals surface area contributed by atoms with Gasteiger partial charge in [0.05, 0.1) is 6.04 Å². The van der Waals surface area contributed by atoms with E-state index in [0.717, 1.165) is 30.6 Å². The largest absolute Gasteiger partial charge is 0.491 e. The Kier molecular flexibility index (Phi) is 7.10. The van der Waals surface area contributed by atoms with Gasteiger partial charge in [-0.2, -0.15) is 0 Å². The highest BCUT2D eigenvalue weighted by Crippen LogP contribution is 2.35. The van der Waals surface area contributed by atoms with Gasteiger partial charge in [0.25, 0.3) is 5.91 Å². The number of carbonyl (C=O) groups excluding carboxylic acids is 2.